The summed E-state index contributed by atoms with van der Waals surface area (Å²) in [6.45, 7) is 5.01. The quantitative estimate of drug-likeness (QED) is 0.735. The molecule has 0 saturated carbocycles. The molecule has 1 aliphatic heterocycles. The van der Waals surface area contributed by atoms with Gasteiger partial charge in [0.2, 0.25) is 0 Å². The number of nitrogens with zero attached hydrogens (tertiary/aromatic N) is 1. The van der Waals surface area contributed by atoms with Crippen LogP contribution in [0.15, 0.2) is 30.3 Å². The number of benzene rings is 1. The molecule has 2 aromatic heterocycles. The molecule has 0 bridgehead atoms. The second kappa shape index (κ2) is 6.50. The Bertz CT molecular complexity index is 946. The first-order valence-corrected chi connectivity index (χ1v) is 9.49. The maximum atomic E-state index is 12.7. The molecule has 0 fully saturated rings. The van der Waals surface area contributed by atoms with Crippen LogP contribution in [0.5, 0.6) is 11.5 Å². The maximum Gasteiger partial charge on any atom is 0.261 e. The number of carbonyl (C=O) groups excluding carboxylic acids is 1. The highest BCUT2D eigenvalue weighted by molar-refractivity contribution is 7.18. The van der Waals surface area contributed by atoms with E-state index in [0.29, 0.717) is 35.4 Å². The molecule has 128 valence electrons. The Morgan fingerprint density at radius 2 is 1.96 bits per heavy atom. The largest absolute Gasteiger partial charge is 0.486 e. The fraction of sp³-hybridized carbons (Fsp3) is 0.222. The first-order valence-electron chi connectivity index (χ1n) is 7.86. The first kappa shape index (κ1) is 16.1. The number of fused-ring (bicyclic) bond motifs is 1. The average Bonchev–Trinajstić information content (AvgIpc) is 3.19. The number of thiophene rings is 1. The van der Waals surface area contributed by atoms with Gasteiger partial charge < -0.3 is 9.47 Å². The zero-order valence-electron chi connectivity index (χ0n) is 13.8. The fourth-order valence-corrected chi connectivity index (χ4v) is 4.46. The van der Waals surface area contributed by atoms with Crippen LogP contribution in [0.1, 0.15) is 20.1 Å². The molecule has 1 aliphatic rings. The number of ether oxygens (including phenoxy) is 2. The normalized spacial score (nSPS) is 12.9. The topological polar surface area (TPSA) is 60.5 Å². The number of hydrogen-bond donors (Lipinski definition) is 1. The number of thiazole rings is 1. The van der Waals surface area contributed by atoms with Crippen molar-refractivity contribution in [2.75, 3.05) is 18.5 Å². The minimum absolute atomic E-state index is 0.245. The second-order valence-corrected chi connectivity index (χ2v) is 8.11. The van der Waals surface area contributed by atoms with E-state index in [1.54, 1.807) is 29.5 Å². The van der Waals surface area contributed by atoms with E-state index in [9.17, 15) is 4.79 Å². The highest BCUT2D eigenvalue weighted by atomic mass is 32.1. The lowest BCUT2D eigenvalue weighted by molar-refractivity contribution is 0.101. The minimum Gasteiger partial charge on any atom is -0.486 e. The number of nitrogens with one attached hydrogen (secondary N) is 1. The molecule has 25 heavy (non-hydrogen) atoms. The molecule has 0 unspecified atom stereocenters. The Morgan fingerprint density at radius 3 is 2.76 bits per heavy atom. The summed E-state index contributed by atoms with van der Waals surface area (Å²) >= 11 is 3.17. The van der Waals surface area contributed by atoms with Crippen molar-refractivity contribution in [3.63, 3.8) is 0 Å². The van der Waals surface area contributed by atoms with Crippen LogP contribution in [0.25, 0.3) is 10.6 Å². The van der Waals surface area contributed by atoms with Crippen molar-refractivity contribution in [2.45, 2.75) is 13.8 Å². The van der Waals surface area contributed by atoms with Gasteiger partial charge in [-0.3, -0.25) is 10.1 Å². The number of aromatic nitrogens is 1. The van der Waals surface area contributed by atoms with Crippen LogP contribution in [-0.4, -0.2) is 24.1 Å². The van der Waals surface area contributed by atoms with Gasteiger partial charge in [0.1, 0.15) is 13.2 Å². The van der Waals surface area contributed by atoms with Crippen LogP contribution in [-0.2, 0) is 0 Å². The third-order valence-corrected chi connectivity index (χ3v) is 5.70. The molecule has 1 aromatic carbocycles. The van der Waals surface area contributed by atoms with Gasteiger partial charge >= 0.3 is 0 Å². The number of aryl methyl sites for hydroxylation is 2. The summed E-state index contributed by atoms with van der Waals surface area (Å²) in [7, 11) is 0. The van der Waals surface area contributed by atoms with E-state index in [4.69, 9.17) is 9.47 Å². The van der Waals surface area contributed by atoms with E-state index >= 15 is 0 Å². The monoisotopic (exact) mass is 372 g/mol. The van der Waals surface area contributed by atoms with Crippen molar-refractivity contribution in [3.05, 3.63) is 45.6 Å². The molecule has 0 aliphatic carbocycles. The van der Waals surface area contributed by atoms with Crippen LogP contribution in [0, 0.1) is 13.8 Å². The van der Waals surface area contributed by atoms with Gasteiger partial charge in [0.15, 0.2) is 16.6 Å². The predicted octanol–water partition coefficient (Wildman–Crippen LogP) is 4.51. The number of anilines is 1. The summed E-state index contributed by atoms with van der Waals surface area (Å²) in [5.41, 5.74) is 1.38. The summed E-state index contributed by atoms with van der Waals surface area (Å²) in [4.78, 5) is 20.7. The second-order valence-electron chi connectivity index (χ2n) is 5.62. The average molecular weight is 372 g/mol. The maximum absolute atomic E-state index is 12.7. The molecule has 0 spiro atoms. The Balaban J connectivity index is 1.60. The lowest BCUT2D eigenvalue weighted by Gasteiger charge is -2.20. The fourth-order valence-electron chi connectivity index (χ4n) is 2.66. The zero-order valence-corrected chi connectivity index (χ0v) is 15.4. The van der Waals surface area contributed by atoms with E-state index < -0.39 is 0 Å². The van der Waals surface area contributed by atoms with Gasteiger partial charge in [-0.2, -0.15) is 0 Å². The summed E-state index contributed by atoms with van der Waals surface area (Å²) < 4.78 is 11.1. The van der Waals surface area contributed by atoms with Crippen LogP contribution in [0.4, 0.5) is 5.13 Å². The Labute approximate surface area is 153 Å². The summed E-state index contributed by atoms with van der Waals surface area (Å²) in [5.74, 6) is 0.850. The summed E-state index contributed by atoms with van der Waals surface area (Å²) in [5, 5.41) is 3.47. The van der Waals surface area contributed by atoms with Crippen molar-refractivity contribution in [2.24, 2.45) is 0 Å². The van der Waals surface area contributed by atoms with Crippen LogP contribution < -0.4 is 14.8 Å². The molecular weight excluding hydrogens is 356 g/mol. The van der Waals surface area contributed by atoms with Gasteiger partial charge in [-0.1, -0.05) is 6.07 Å². The van der Waals surface area contributed by atoms with Crippen molar-refractivity contribution in [1.29, 1.82) is 0 Å². The summed E-state index contributed by atoms with van der Waals surface area (Å²) in [6, 6.07) is 9.45. The molecule has 0 radical (unpaired) electrons. The molecule has 3 heterocycles. The van der Waals surface area contributed by atoms with Crippen LogP contribution >= 0.6 is 22.7 Å². The van der Waals surface area contributed by atoms with E-state index in [0.717, 1.165) is 15.4 Å². The lowest BCUT2D eigenvalue weighted by Crippen LogP contribution is -2.20. The minimum atomic E-state index is -0.245. The third kappa shape index (κ3) is 3.12. The molecule has 1 amide bonds. The number of para-hydroxylation sites is 1. The molecule has 0 saturated heterocycles. The number of rotatable bonds is 3. The standard InChI is InChI=1S/C18H16N2O3S2/c1-10-6-7-14(24-10)15-11(2)25-18(19-15)20-17(21)12-4-3-5-13-16(12)23-9-8-22-13/h3-7H,8-9H2,1-2H3,(H,19,20,21). The van der Waals surface area contributed by atoms with Crippen LogP contribution in [0.2, 0.25) is 0 Å². The van der Waals surface area contributed by atoms with Gasteiger partial charge in [0, 0.05) is 9.75 Å². The van der Waals surface area contributed by atoms with Crippen molar-refractivity contribution in [1.82, 2.24) is 4.98 Å². The van der Waals surface area contributed by atoms with Gasteiger partial charge in [0.05, 0.1) is 16.1 Å². The van der Waals surface area contributed by atoms with E-state index in [1.807, 2.05) is 6.92 Å². The number of hydrogen-bond acceptors (Lipinski definition) is 6. The molecule has 0 atom stereocenters. The lowest BCUT2D eigenvalue weighted by atomic mass is 10.1. The molecule has 4 rings (SSSR count). The Kier molecular flexibility index (Phi) is 4.19. The van der Waals surface area contributed by atoms with Gasteiger partial charge in [0.25, 0.3) is 5.91 Å². The van der Waals surface area contributed by atoms with Gasteiger partial charge in [-0.05, 0) is 38.1 Å². The zero-order chi connectivity index (χ0) is 17.4. The van der Waals surface area contributed by atoms with Crippen molar-refractivity contribution >= 4 is 33.7 Å². The van der Waals surface area contributed by atoms with Crippen molar-refractivity contribution < 1.29 is 14.3 Å². The Morgan fingerprint density at radius 1 is 1.12 bits per heavy atom. The van der Waals surface area contributed by atoms with E-state index in [2.05, 4.69) is 29.4 Å². The van der Waals surface area contributed by atoms with Gasteiger partial charge in [-0.25, -0.2) is 4.98 Å². The smallest absolute Gasteiger partial charge is 0.261 e. The SMILES string of the molecule is Cc1ccc(-c2nc(NC(=O)c3cccc4c3OCCO4)sc2C)s1. The van der Waals surface area contributed by atoms with Gasteiger partial charge in [-0.15, -0.1) is 22.7 Å². The van der Waals surface area contributed by atoms with E-state index in [1.165, 1.54) is 16.2 Å². The molecule has 1 N–H and O–H groups in total. The molecule has 5 nitrogen and oxygen atoms in total. The predicted molar refractivity (Wildman–Crippen MR) is 100 cm³/mol. The number of amides is 1. The van der Waals surface area contributed by atoms with Crippen molar-refractivity contribution in [3.8, 4) is 22.1 Å². The van der Waals surface area contributed by atoms with E-state index in [-0.39, 0.29) is 5.91 Å². The Hall–Kier alpha value is -2.38. The highest BCUT2D eigenvalue weighted by Crippen LogP contribution is 2.36. The number of carbonyl (C=O) groups is 1. The molecule has 3 aromatic rings. The first-order chi connectivity index (χ1) is 12.1. The summed E-state index contributed by atoms with van der Waals surface area (Å²) in [6.07, 6.45) is 0. The molecule has 7 heteroatoms. The third-order valence-electron chi connectivity index (χ3n) is 3.80. The van der Waals surface area contributed by atoms with Crippen LogP contribution in [0.3, 0.4) is 0 Å². The molecular formula is C18H16N2O3S2. The highest BCUT2D eigenvalue weighted by Gasteiger charge is 2.21.